The van der Waals surface area contributed by atoms with E-state index in [4.69, 9.17) is 14.2 Å². The number of nitrogens with zero attached hydrogens (tertiary/aromatic N) is 2. The molecular weight excluding hydrogens is 518 g/mol. The van der Waals surface area contributed by atoms with E-state index in [2.05, 4.69) is 14.7 Å². The molecule has 0 bridgehead atoms. The molecule has 5 rings (SSSR count). The van der Waals surface area contributed by atoms with Crippen molar-refractivity contribution in [1.29, 1.82) is 0 Å². The quantitative estimate of drug-likeness (QED) is 0.350. The Hall–Kier alpha value is -3.86. The number of benzene rings is 2. The molecule has 0 aliphatic carbocycles. The summed E-state index contributed by atoms with van der Waals surface area (Å²) in [7, 11) is -1.30. The molecule has 1 saturated heterocycles. The fraction of sp³-hybridized carbons (Fsp3) is 0.276. The van der Waals surface area contributed by atoms with Crippen LogP contribution in [0.2, 0.25) is 0 Å². The number of ether oxygens (including phenoxy) is 3. The number of methoxy groups -OCH3 is 2. The van der Waals surface area contributed by atoms with Crippen molar-refractivity contribution in [2.75, 3.05) is 34.0 Å². The van der Waals surface area contributed by atoms with E-state index in [1.165, 1.54) is 13.2 Å². The van der Waals surface area contributed by atoms with E-state index in [9.17, 15) is 13.2 Å². The van der Waals surface area contributed by atoms with Crippen molar-refractivity contribution >= 4 is 26.8 Å². The van der Waals surface area contributed by atoms with Crippen molar-refractivity contribution in [3.8, 4) is 17.0 Å². The highest BCUT2D eigenvalue weighted by molar-refractivity contribution is 7.90. The summed E-state index contributed by atoms with van der Waals surface area (Å²) in [4.78, 5) is 21.9. The molecule has 1 aliphatic heterocycles. The van der Waals surface area contributed by atoms with E-state index in [1.54, 1.807) is 37.6 Å². The first-order valence-corrected chi connectivity index (χ1v) is 14.0. The molecule has 0 radical (unpaired) electrons. The van der Waals surface area contributed by atoms with Crippen LogP contribution in [0.5, 0.6) is 5.75 Å². The van der Waals surface area contributed by atoms with Crippen molar-refractivity contribution in [2.45, 2.75) is 23.2 Å². The van der Waals surface area contributed by atoms with Gasteiger partial charge >= 0.3 is 0 Å². The Labute approximate surface area is 227 Å². The van der Waals surface area contributed by atoms with Crippen molar-refractivity contribution < 1.29 is 27.4 Å². The number of carbonyl (C=O) groups excluding carboxylic acids is 1. The third kappa shape index (κ3) is 5.36. The van der Waals surface area contributed by atoms with Gasteiger partial charge < -0.3 is 14.2 Å². The highest BCUT2D eigenvalue weighted by atomic mass is 32.2. The summed E-state index contributed by atoms with van der Waals surface area (Å²) >= 11 is 0. The molecule has 3 heterocycles. The zero-order valence-corrected chi connectivity index (χ0v) is 22.5. The number of hydrogen-bond donors (Lipinski definition) is 1. The van der Waals surface area contributed by atoms with Gasteiger partial charge in [-0.1, -0.05) is 24.3 Å². The number of sulfonamides is 1. The molecule has 2 aromatic carbocycles. The first-order valence-electron chi connectivity index (χ1n) is 12.5. The summed E-state index contributed by atoms with van der Waals surface area (Å²) in [6, 6.07) is 19.4. The number of rotatable bonds is 8. The lowest BCUT2D eigenvalue weighted by molar-refractivity contribution is 0.0135. The van der Waals surface area contributed by atoms with Gasteiger partial charge in [-0.2, -0.15) is 0 Å². The van der Waals surface area contributed by atoms with Crippen LogP contribution >= 0.6 is 0 Å². The molecule has 39 heavy (non-hydrogen) atoms. The molecule has 0 saturated carbocycles. The molecule has 0 spiro atoms. The Balaban J connectivity index is 1.46. The van der Waals surface area contributed by atoms with Gasteiger partial charge in [0.2, 0.25) is 0 Å². The lowest BCUT2D eigenvalue weighted by Gasteiger charge is -2.37. The summed E-state index contributed by atoms with van der Waals surface area (Å²) in [5, 5.41) is 0.796. The highest BCUT2D eigenvalue weighted by Crippen LogP contribution is 2.38. The number of fused-ring (bicyclic) bond motifs is 1. The van der Waals surface area contributed by atoms with Crippen LogP contribution in [0.1, 0.15) is 28.9 Å². The second kappa shape index (κ2) is 11.1. The fourth-order valence-corrected chi connectivity index (χ4v) is 6.18. The zero-order valence-electron chi connectivity index (χ0n) is 21.7. The average Bonchev–Trinajstić information content (AvgIpc) is 2.97. The summed E-state index contributed by atoms with van der Waals surface area (Å²) in [6.45, 7) is 1.50. The molecule has 4 aromatic rings. The van der Waals surface area contributed by atoms with Gasteiger partial charge in [0.25, 0.3) is 15.9 Å². The minimum Gasteiger partial charge on any atom is -0.495 e. The van der Waals surface area contributed by atoms with E-state index in [1.807, 2.05) is 36.4 Å². The Morgan fingerprint density at radius 1 is 1.03 bits per heavy atom. The van der Waals surface area contributed by atoms with Crippen molar-refractivity contribution in [2.24, 2.45) is 0 Å². The van der Waals surface area contributed by atoms with Gasteiger partial charge in [-0.25, -0.2) is 18.1 Å². The van der Waals surface area contributed by atoms with Gasteiger partial charge in [0.15, 0.2) is 0 Å². The van der Waals surface area contributed by atoms with Crippen LogP contribution in [0.3, 0.4) is 0 Å². The van der Waals surface area contributed by atoms with Crippen LogP contribution < -0.4 is 9.46 Å². The summed E-state index contributed by atoms with van der Waals surface area (Å²) in [6.07, 6.45) is 3.07. The van der Waals surface area contributed by atoms with Crippen LogP contribution in [-0.4, -0.2) is 58.3 Å². The monoisotopic (exact) mass is 547 g/mol. The van der Waals surface area contributed by atoms with E-state index in [-0.39, 0.29) is 16.3 Å². The molecule has 202 valence electrons. The van der Waals surface area contributed by atoms with E-state index < -0.39 is 21.3 Å². The van der Waals surface area contributed by atoms with E-state index in [0.717, 1.165) is 22.2 Å². The summed E-state index contributed by atoms with van der Waals surface area (Å²) < 4.78 is 45.5. The van der Waals surface area contributed by atoms with Crippen LogP contribution in [0, 0.1) is 0 Å². The smallest absolute Gasteiger partial charge is 0.283 e. The third-order valence-corrected chi connectivity index (χ3v) is 8.42. The van der Waals surface area contributed by atoms with Gasteiger partial charge in [-0.3, -0.25) is 9.78 Å². The minimum absolute atomic E-state index is 0.0281. The molecule has 2 aromatic heterocycles. The highest BCUT2D eigenvalue weighted by Gasteiger charge is 2.36. The SMILES string of the molecule is COCC1(c2ccc(OC)c(S(=O)(=O)NC(=O)c3ccc4c(-c5ccccn5)cccc4n3)c2)CCOCC1. The second-order valence-electron chi connectivity index (χ2n) is 9.41. The fourth-order valence-electron chi connectivity index (χ4n) is 5.03. The molecule has 1 N–H and O–H groups in total. The van der Waals surface area contributed by atoms with Crippen LogP contribution in [0.15, 0.2) is 77.8 Å². The molecular formula is C29H29N3O6S. The largest absolute Gasteiger partial charge is 0.495 e. The molecule has 10 heteroatoms. The number of amides is 1. The predicted octanol–water partition coefficient (Wildman–Crippen LogP) is 4.12. The van der Waals surface area contributed by atoms with E-state index >= 15 is 0 Å². The Bertz CT molecular complexity index is 1600. The number of carbonyl (C=O) groups is 1. The Kier molecular flexibility index (Phi) is 7.60. The van der Waals surface area contributed by atoms with Gasteiger partial charge in [0.1, 0.15) is 16.3 Å². The molecule has 9 nitrogen and oxygen atoms in total. The van der Waals surface area contributed by atoms with Gasteiger partial charge in [0, 0.05) is 42.9 Å². The van der Waals surface area contributed by atoms with Crippen molar-refractivity contribution in [3.63, 3.8) is 0 Å². The third-order valence-electron chi connectivity index (χ3n) is 7.07. The number of hydrogen-bond acceptors (Lipinski definition) is 8. The van der Waals surface area contributed by atoms with Crippen LogP contribution in [0.4, 0.5) is 0 Å². The topological polar surface area (TPSA) is 117 Å². The van der Waals surface area contributed by atoms with Crippen molar-refractivity contribution in [3.05, 3.63) is 84.2 Å². The number of pyridine rings is 2. The molecule has 1 fully saturated rings. The lowest BCUT2D eigenvalue weighted by Crippen LogP contribution is -2.38. The van der Waals surface area contributed by atoms with Crippen LogP contribution in [0.25, 0.3) is 22.2 Å². The lowest BCUT2D eigenvalue weighted by atomic mass is 9.75. The predicted molar refractivity (Wildman–Crippen MR) is 146 cm³/mol. The number of aromatic nitrogens is 2. The normalized spacial score (nSPS) is 15.1. The maximum absolute atomic E-state index is 13.5. The molecule has 1 amide bonds. The summed E-state index contributed by atoms with van der Waals surface area (Å²) in [5.74, 6) is -0.713. The minimum atomic E-state index is -4.30. The summed E-state index contributed by atoms with van der Waals surface area (Å²) in [5.41, 5.74) is 2.53. The molecule has 0 atom stereocenters. The molecule has 0 unspecified atom stereocenters. The average molecular weight is 548 g/mol. The van der Waals surface area contributed by atoms with Crippen molar-refractivity contribution in [1.82, 2.24) is 14.7 Å². The van der Waals surface area contributed by atoms with E-state index in [0.29, 0.717) is 38.2 Å². The van der Waals surface area contributed by atoms with Crippen LogP contribution in [-0.2, 0) is 24.9 Å². The van der Waals surface area contributed by atoms with Gasteiger partial charge in [-0.05, 0) is 60.9 Å². The molecule has 1 aliphatic rings. The first kappa shape index (κ1) is 26.7. The second-order valence-corrected chi connectivity index (χ2v) is 11.1. The maximum atomic E-state index is 13.5. The standard InChI is InChI=1S/C29H29N3O6S/c1-36-19-29(13-16-38-17-14-29)20-9-12-26(37-2)27(18-20)39(34,35)32-28(33)25-11-10-22-21(6-5-8-24(22)31-25)23-7-3-4-15-30-23/h3-12,15,18H,13-14,16-17,19H2,1-2H3,(H,32,33). The maximum Gasteiger partial charge on any atom is 0.283 e. The zero-order chi connectivity index (χ0) is 27.5. The van der Waals surface area contributed by atoms with Gasteiger partial charge in [-0.15, -0.1) is 0 Å². The first-order chi connectivity index (χ1) is 18.9. The Morgan fingerprint density at radius 2 is 1.85 bits per heavy atom. The van der Waals surface area contributed by atoms with Gasteiger partial charge in [0.05, 0.1) is 24.9 Å². The Morgan fingerprint density at radius 3 is 2.56 bits per heavy atom. The number of nitrogens with one attached hydrogen (secondary N) is 1.